The number of nitrogens with zero attached hydrogens (tertiary/aromatic N) is 6. The molecular weight excluding hydrogens is 188 g/mol. The molecule has 0 radical (unpaired) electrons. The van der Waals surface area contributed by atoms with Crippen LogP contribution >= 0.6 is 0 Å². The lowest BCUT2D eigenvalue weighted by Crippen LogP contribution is -2.42. The first-order valence-electron chi connectivity index (χ1n) is 4.13. The second-order valence-electron chi connectivity index (χ2n) is 3.15. The van der Waals surface area contributed by atoms with Gasteiger partial charge in [0.15, 0.2) is 0 Å². The third kappa shape index (κ3) is 2.27. The van der Waals surface area contributed by atoms with Gasteiger partial charge in [0.1, 0.15) is 0 Å². The van der Waals surface area contributed by atoms with Crippen molar-refractivity contribution in [2.24, 2.45) is 10.2 Å². The molecule has 2 N–H and O–H groups in total. The highest BCUT2D eigenvalue weighted by atomic mass is 16.3. The van der Waals surface area contributed by atoms with Crippen molar-refractivity contribution in [2.45, 2.75) is 37.1 Å². The summed E-state index contributed by atoms with van der Waals surface area (Å²) in [5.41, 5.74) is 16.4. The molecule has 0 amide bonds. The summed E-state index contributed by atoms with van der Waals surface area (Å²) >= 11 is 0. The Bertz CT molecular complexity index is 265. The summed E-state index contributed by atoms with van der Waals surface area (Å²) in [6, 6.07) is -1.28. The number of hydrogen-bond donors (Lipinski definition) is 2. The van der Waals surface area contributed by atoms with Crippen LogP contribution in [0.5, 0.6) is 0 Å². The molecule has 0 unspecified atom stereocenters. The molecule has 1 saturated carbocycles. The molecule has 0 spiro atoms. The second kappa shape index (κ2) is 4.69. The van der Waals surface area contributed by atoms with E-state index in [4.69, 9.17) is 11.1 Å². The fraction of sp³-hybridized carbons (Fsp3) is 1.00. The predicted molar refractivity (Wildman–Crippen MR) is 47.1 cm³/mol. The molecule has 1 aliphatic carbocycles. The van der Waals surface area contributed by atoms with Crippen molar-refractivity contribution in [3.05, 3.63) is 20.9 Å². The Balaban J connectivity index is 2.70. The van der Waals surface area contributed by atoms with Crippen molar-refractivity contribution >= 4 is 0 Å². The zero-order valence-electron chi connectivity index (χ0n) is 7.30. The Kier molecular flexibility index (Phi) is 3.55. The summed E-state index contributed by atoms with van der Waals surface area (Å²) in [5.74, 6) is 0. The van der Waals surface area contributed by atoms with Crippen LogP contribution in [0, 0.1) is 0 Å². The topological polar surface area (TPSA) is 138 Å². The smallest absolute Gasteiger partial charge is 0.0658 e. The van der Waals surface area contributed by atoms with Crippen LogP contribution in [0.2, 0.25) is 0 Å². The van der Waals surface area contributed by atoms with Gasteiger partial charge in [-0.1, -0.05) is 10.2 Å². The number of aliphatic hydroxyl groups excluding tert-OH is 2. The van der Waals surface area contributed by atoms with Crippen LogP contribution in [0.3, 0.4) is 0 Å². The predicted octanol–water partition coefficient (Wildman–Crippen LogP) is 0.860. The SMILES string of the molecule is [N-]=[N+]=N[C@@H]1C[C@@H](O)[C@H](N=[N+]=[N-])C[C@H]1O. The van der Waals surface area contributed by atoms with Crippen molar-refractivity contribution in [1.29, 1.82) is 0 Å². The number of aliphatic hydroxyl groups is 2. The van der Waals surface area contributed by atoms with Gasteiger partial charge in [-0.3, -0.25) is 0 Å². The average Bonchev–Trinajstić information content (AvgIpc) is 2.14. The minimum atomic E-state index is -0.857. The normalized spacial score (nSPS) is 36.7. The maximum Gasteiger partial charge on any atom is 0.0658 e. The van der Waals surface area contributed by atoms with Crippen molar-refractivity contribution in [3.8, 4) is 0 Å². The van der Waals surface area contributed by atoms with Crippen molar-refractivity contribution in [1.82, 2.24) is 0 Å². The van der Waals surface area contributed by atoms with Crippen LogP contribution in [0.25, 0.3) is 20.9 Å². The highest BCUT2D eigenvalue weighted by Gasteiger charge is 2.34. The van der Waals surface area contributed by atoms with Crippen LogP contribution in [0.4, 0.5) is 0 Å². The van der Waals surface area contributed by atoms with E-state index in [1.54, 1.807) is 0 Å². The third-order valence-corrected chi connectivity index (χ3v) is 2.25. The standard InChI is InChI=1S/C6H10N6O2/c7-11-9-3-1-5(13)4(10-12-8)2-6(3)14/h3-6,13-14H,1-2H2/t3-,4-,5-,6-/m1/s1. The van der Waals surface area contributed by atoms with E-state index in [9.17, 15) is 10.2 Å². The lowest BCUT2D eigenvalue weighted by molar-refractivity contribution is 0.0232. The Morgan fingerprint density at radius 3 is 1.57 bits per heavy atom. The number of hydrogen-bond acceptors (Lipinski definition) is 4. The van der Waals surface area contributed by atoms with E-state index in [0.29, 0.717) is 0 Å². The summed E-state index contributed by atoms with van der Waals surface area (Å²) in [7, 11) is 0. The highest BCUT2D eigenvalue weighted by molar-refractivity contribution is 4.93. The molecular formula is C6H10N6O2. The van der Waals surface area contributed by atoms with Crippen LogP contribution in [0.1, 0.15) is 12.8 Å². The summed E-state index contributed by atoms with van der Waals surface area (Å²) in [5, 5.41) is 25.6. The molecule has 0 heterocycles. The fourth-order valence-corrected chi connectivity index (χ4v) is 1.50. The van der Waals surface area contributed by atoms with Gasteiger partial charge in [0.2, 0.25) is 0 Å². The van der Waals surface area contributed by atoms with E-state index in [-0.39, 0.29) is 12.8 Å². The monoisotopic (exact) mass is 198 g/mol. The molecule has 0 aromatic carbocycles. The molecule has 1 fully saturated rings. The lowest BCUT2D eigenvalue weighted by atomic mass is 9.87. The molecule has 0 aliphatic heterocycles. The number of azide groups is 2. The maximum absolute atomic E-state index is 9.46. The first-order chi connectivity index (χ1) is 6.69. The van der Waals surface area contributed by atoms with Gasteiger partial charge in [0.05, 0.1) is 24.3 Å². The Labute approximate surface area is 79.4 Å². The highest BCUT2D eigenvalue weighted by Crippen LogP contribution is 2.24. The van der Waals surface area contributed by atoms with Crippen LogP contribution in [-0.2, 0) is 0 Å². The van der Waals surface area contributed by atoms with Crippen molar-refractivity contribution in [2.75, 3.05) is 0 Å². The molecule has 1 aliphatic rings. The molecule has 0 aromatic heterocycles. The molecule has 8 heteroatoms. The summed E-state index contributed by atoms with van der Waals surface area (Å²) in [4.78, 5) is 5.13. The van der Waals surface area contributed by atoms with Gasteiger partial charge in [-0.2, -0.15) is 0 Å². The molecule has 0 bridgehead atoms. The van der Waals surface area contributed by atoms with Crippen LogP contribution in [0.15, 0.2) is 10.2 Å². The molecule has 0 saturated heterocycles. The molecule has 0 aromatic rings. The van der Waals surface area contributed by atoms with Crippen LogP contribution < -0.4 is 0 Å². The van der Waals surface area contributed by atoms with Crippen molar-refractivity contribution < 1.29 is 10.2 Å². The zero-order chi connectivity index (χ0) is 10.6. The van der Waals surface area contributed by atoms with Gasteiger partial charge in [0.25, 0.3) is 0 Å². The van der Waals surface area contributed by atoms with Crippen molar-refractivity contribution in [3.63, 3.8) is 0 Å². The Hall–Kier alpha value is -1.46. The first-order valence-corrected chi connectivity index (χ1v) is 4.13. The van der Waals surface area contributed by atoms with Gasteiger partial charge in [-0.25, -0.2) is 0 Å². The molecule has 76 valence electrons. The zero-order valence-corrected chi connectivity index (χ0v) is 7.30. The maximum atomic E-state index is 9.46. The average molecular weight is 198 g/mol. The van der Waals surface area contributed by atoms with Gasteiger partial charge in [0, 0.05) is 9.82 Å². The molecule has 14 heavy (non-hydrogen) atoms. The quantitative estimate of drug-likeness (QED) is 0.386. The van der Waals surface area contributed by atoms with E-state index in [1.807, 2.05) is 0 Å². The second-order valence-corrected chi connectivity index (χ2v) is 3.15. The largest absolute Gasteiger partial charge is 0.393 e. The minimum Gasteiger partial charge on any atom is -0.393 e. The van der Waals surface area contributed by atoms with Gasteiger partial charge in [-0.05, 0) is 23.9 Å². The van der Waals surface area contributed by atoms with E-state index < -0.39 is 24.3 Å². The van der Waals surface area contributed by atoms with E-state index in [1.165, 1.54) is 0 Å². The fourth-order valence-electron chi connectivity index (χ4n) is 1.50. The molecule has 1 rings (SSSR count). The first kappa shape index (κ1) is 10.6. The van der Waals surface area contributed by atoms with Gasteiger partial charge in [-0.15, -0.1) is 0 Å². The minimum absolute atomic E-state index is 0.120. The third-order valence-electron chi connectivity index (χ3n) is 2.25. The summed E-state index contributed by atoms with van der Waals surface area (Å²) in [6.45, 7) is 0. The van der Waals surface area contributed by atoms with E-state index in [0.717, 1.165) is 0 Å². The molecule has 4 atom stereocenters. The Morgan fingerprint density at radius 1 is 0.929 bits per heavy atom. The lowest BCUT2D eigenvalue weighted by Gasteiger charge is -2.31. The number of rotatable bonds is 2. The Morgan fingerprint density at radius 2 is 1.29 bits per heavy atom. The van der Waals surface area contributed by atoms with Gasteiger partial charge >= 0.3 is 0 Å². The van der Waals surface area contributed by atoms with E-state index in [2.05, 4.69) is 20.1 Å². The van der Waals surface area contributed by atoms with E-state index >= 15 is 0 Å². The summed E-state index contributed by atoms with van der Waals surface area (Å²) in [6.07, 6.45) is -1.47. The summed E-state index contributed by atoms with van der Waals surface area (Å²) < 4.78 is 0. The van der Waals surface area contributed by atoms with Gasteiger partial charge < -0.3 is 10.2 Å². The molecule has 8 nitrogen and oxygen atoms in total. The van der Waals surface area contributed by atoms with Crippen LogP contribution in [-0.4, -0.2) is 34.5 Å².